The number of carbonyl (C=O) groups excluding carboxylic acids is 3. The second kappa shape index (κ2) is 16.2. The molecule has 0 spiro atoms. The van der Waals surface area contributed by atoms with Gasteiger partial charge >= 0.3 is 6.09 Å². The Labute approximate surface area is 327 Å². The summed E-state index contributed by atoms with van der Waals surface area (Å²) in [6, 6.07) is 26.3. The van der Waals surface area contributed by atoms with Crippen LogP contribution in [0.25, 0.3) is 33.6 Å². The van der Waals surface area contributed by atoms with E-state index in [4.69, 9.17) is 20.4 Å². The summed E-state index contributed by atoms with van der Waals surface area (Å²) < 4.78 is 5.16. The van der Waals surface area contributed by atoms with Crippen LogP contribution in [0.5, 0.6) is 0 Å². The third kappa shape index (κ3) is 7.70. The Morgan fingerprint density at radius 2 is 1.20 bits per heavy atom. The summed E-state index contributed by atoms with van der Waals surface area (Å²) in [5.74, 6) is 1.83. The standard InChI is InChI=1S/C44H50N8O4/c1-50(2)39(32-8-4-3-5-9-32)43(54)52-25-7-11-38(52)41-47-27-36(49-41)31-18-14-29(15-19-31)28-12-16-30(17-13-28)35-26-46-40(48-35)37-10-6-24-51(37)42(53)33-20-22-34(23-21-33)56-44(45)55/h3-5,8-9,12-19,26-27,33-34,37-39H,6-7,10-11,20-25H2,1-2H3,(H2,45,55)(H,46,48)(H,47,49)/t33-,34+,37-,38-,39+/m0/s1. The van der Waals surface area contributed by atoms with E-state index < -0.39 is 6.09 Å². The van der Waals surface area contributed by atoms with Gasteiger partial charge in [-0.3, -0.25) is 14.5 Å². The number of aromatic nitrogens is 4. The fourth-order valence-corrected chi connectivity index (χ4v) is 8.90. The Morgan fingerprint density at radius 1 is 0.696 bits per heavy atom. The molecule has 3 aromatic carbocycles. The van der Waals surface area contributed by atoms with Crippen LogP contribution in [0.1, 0.15) is 86.7 Å². The monoisotopic (exact) mass is 754 g/mol. The Morgan fingerprint density at radius 3 is 1.71 bits per heavy atom. The highest BCUT2D eigenvalue weighted by Gasteiger charge is 2.38. The minimum Gasteiger partial charge on any atom is -0.446 e. The molecule has 5 aromatic rings. The summed E-state index contributed by atoms with van der Waals surface area (Å²) in [7, 11) is 3.91. The fraction of sp³-hybridized carbons (Fsp3) is 0.386. The van der Waals surface area contributed by atoms with Crippen molar-refractivity contribution in [1.82, 2.24) is 34.6 Å². The first-order chi connectivity index (χ1) is 27.2. The van der Waals surface area contributed by atoms with E-state index in [9.17, 15) is 14.4 Å². The molecule has 1 saturated carbocycles. The number of ether oxygens (including phenoxy) is 1. The predicted molar refractivity (Wildman–Crippen MR) is 214 cm³/mol. The molecule has 3 amide bonds. The smallest absolute Gasteiger partial charge is 0.404 e. The molecule has 12 nitrogen and oxygen atoms in total. The quantitative estimate of drug-likeness (QED) is 0.134. The molecular formula is C44H50N8O4. The number of benzene rings is 3. The topological polar surface area (TPSA) is 154 Å². The number of carbonyl (C=O) groups is 3. The van der Waals surface area contributed by atoms with Crippen LogP contribution in [-0.2, 0) is 14.3 Å². The molecule has 1 aliphatic carbocycles. The lowest BCUT2D eigenvalue weighted by Crippen LogP contribution is -2.40. The van der Waals surface area contributed by atoms with Crippen molar-refractivity contribution in [1.29, 1.82) is 0 Å². The zero-order valence-corrected chi connectivity index (χ0v) is 32.1. The summed E-state index contributed by atoms with van der Waals surface area (Å²) in [4.78, 5) is 61.1. The van der Waals surface area contributed by atoms with E-state index in [1.54, 1.807) is 0 Å². The lowest BCUT2D eigenvalue weighted by Gasteiger charge is -2.32. The number of nitrogens with two attached hydrogens (primary N) is 1. The maximum Gasteiger partial charge on any atom is 0.404 e. The van der Waals surface area contributed by atoms with Crippen LogP contribution >= 0.6 is 0 Å². The maximum atomic E-state index is 13.9. The lowest BCUT2D eigenvalue weighted by atomic mass is 9.86. The summed E-state index contributed by atoms with van der Waals surface area (Å²) >= 11 is 0. The number of primary amides is 1. The average Bonchev–Trinajstić information content (AvgIpc) is 4.05. The molecule has 56 heavy (non-hydrogen) atoms. The minimum atomic E-state index is -0.751. The van der Waals surface area contributed by atoms with E-state index >= 15 is 0 Å². The number of hydrogen-bond acceptors (Lipinski definition) is 7. The van der Waals surface area contributed by atoms with Gasteiger partial charge in [0.15, 0.2) is 0 Å². The summed E-state index contributed by atoms with van der Waals surface area (Å²) in [5, 5.41) is 0. The van der Waals surface area contributed by atoms with Crippen LogP contribution in [0, 0.1) is 5.92 Å². The number of likely N-dealkylation sites (N-methyl/N-ethyl adjacent to an activating group) is 1. The van der Waals surface area contributed by atoms with Crippen LogP contribution < -0.4 is 5.73 Å². The molecule has 0 bridgehead atoms. The van der Waals surface area contributed by atoms with Gasteiger partial charge in [-0.05, 0) is 93.3 Å². The number of aromatic amines is 2. The zero-order chi connectivity index (χ0) is 38.8. The van der Waals surface area contributed by atoms with E-state index in [1.165, 1.54) is 0 Å². The van der Waals surface area contributed by atoms with Gasteiger partial charge in [-0.1, -0.05) is 78.9 Å². The van der Waals surface area contributed by atoms with Gasteiger partial charge in [0.2, 0.25) is 11.8 Å². The largest absolute Gasteiger partial charge is 0.446 e. The highest BCUT2D eigenvalue weighted by atomic mass is 16.6. The summed E-state index contributed by atoms with van der Waals surface area (Å²) in [6.07, 6.45) is 9.11. The highest BCUT2D eigenvalue weighted by Crippen LogP contribution is 2.38. The molecule has 2 saturated heterocycles. The van der Waals surface area contributed by atoms with Crippen molar-refractivity contribution in [3.05, 3.63) is 108 Å². The minimum absolute atomic E-state index is 0.0713. The molecule has 3 atom stereocenters. The summed E-state index contributed by atoms with van der Waals surface area (Å²) in [5.41, 5.74) is 12.3. The predicted octanol–water partition coefficient (Wildman–Crippen LogP) is 7.42. The zero-order valence-electron chi connectivity index (χ0n) is 32.1. The Balaban J connectivity index is 0.899. The van der Waals surface area contributed by atoms with Gasteiger partial charge in [-0.15, -0.1) is 0 Å². The normalized spacial score (nSPS) is 21.7. The van der Waals surface area contributed by atoms with Gasteiger partial charge in [-0.2, -0.15) is 0 Å². The second-order valence-electron chi connectivity index (χ2n) is 15.6. The van der Waals surface area contributed by atoms with E-state index in [0.29, 0.717) is 32.2 Å². The number of rotatable bonds is 10. The average molecular weight is 755 g/mol. The number of likely N-dealkylation sites (tertiary alicyclic amines) is 2. The van der Waals surface area contributed by atoms with Crippen molar-refractivity contribution in [2.24, 2.45) is 11.7 Å². The molecule has 4 N–H and O–H groups in total. The molecule has 3 fully saturated rings. The van der Waals surface area contributed by atoms with E-state index in [-0.39, 0.29) is 42.0 Å². The van der Waals surface area contributed by atoms with E-state index in [0.717, 1.165) is 83.1 Å². The fourth-order valence-electron chi connectivity index (χ4n) is 8.90. The van der Waals surface area contributed by atoms with Crippen LogP contribution in [0.4, 0.5) is 4.79 Å². The number of imidazole rings is 2. The SMILES string of the molecule is CN(C)[C@@H](C(=O)N1CCC[C@H]1c1ncc(-c2ccc(-c3ccc(-c4cnc([C@@H]5CCCN5C(=O)[C@H]5CC[C@@H](OC(N)=O)CC5)[nH]4)cc3)cc2)[nH]1)c1ccccc1. The van der Waals surface area contributed by atoms with Crippen LogP contribution in [-0.4, -0.2) is 85.8 Å². The van der Waals surface area contributed by atoms with Crippen LogP contribution in [0.2, 0.25) is 0 Å². The van der Waals surface area contributed by atoms with Crippen molar-refractivity contribution in [3.8, 4) is 33.6 Å². The van der Waals surface area contributed by atoms with Gasteiger partial charge in [0, 0.05) is 19.0 Å². The molecule has 0 radical (unpaired) electrons. The number of amides is 3. The van der Waals surface area contributed by atoms with Gasteiger partial charge in [0.05, 0.1) is 35.9 Å². The molecule has 2 aromatic heterocycles. The Hall–Kier alpha value is -5.75. The van der Waals surface area contributed by atoms with Gasteiger partial charge in [0.1, 0.15) is 23.8 Å². The number of hydrogen-bond donors (Lipinski definition) is 3. The number of nitrogens with zero attached hydrogens (tertiary/aromatic N) is 5. The Kier molecular flexibility index (Phi) is 10.7. The molecule has 8 rings (SSSR count). The van der Waals surface area contributed by atoms with Crippen molar-refractivity contribution in [2.45, 2.75) is 75.6 Å². The van der Waals surface area contributed by atoms with Crippen molar-refractivity contribution in [2.75, 3.05) is 27.2 Å². The van der Waals surface area contributed by atoms with Crippen molar-refractivity contribution >= 4 is 17.9 Å². The Bertz CT molecular complexity index is 2140. The molecule has 0 unspecified atom stereocenters. The molecule has 4 heterocycles. The third-order valence-electron chi connectivity index (χ3n) is 11.8. The maximum absolute atomic E-state index is 13.9. The second-order valence-corrected chi connectivity index (χ2v) is 15.6. The lowest BCUT2D eigenvalue weighted by molar-refractivity contribution is -0.138. The van der Waals surface area contributed by atoms with Crippen molar-refractivity contribution in [3.63, 3.8) is 0 Å². The molecule has 2 aliphatic heterocycles. The van der Waals surface area contributed by atoms with Gasteiger partial charge < -0.3 is 30.2 Å². The van der Waals surface area contributed by atoms with Crippen LogP contribution in [0.15, 0.2) is 91.3 Å². The van der Waals surface area contributed by atoms with E-state index in [2.05, 4.69) is 58.5 Å². The number of H-pyrrole nitrogens is 2. The molecule has 290 valence electrons. The van der Waals surface area contributed by atoms with Gasteiger partial charge in [0.25, 0.3) is 0 Å². The first-order valence-corrected chi connectivity index (χ1v) is 19.8. The molecule has 3 aliphatic rings. The van der Waals surface area contributed by atoms with E-state index in [1.807, 2.05) is 71.5 Å². The molecular weight excluding hydrogens is 705 g/mol. The highest BCUT2D eigenvalue weighted by molar-refractivity contribution is 5.84. The first-order valence-electron chi connectivity index (χ1n) is 19.8. The van der Waals surface area contributed by atoms with Crippen molar-refractivity contribution < 1.29 is 19.1 Å². The van der Waals surface area contributed by atoms with Crippen LogP contribution in [0.3, 0.4) is 0 Å². The first kappa shape index (κ1) is 37.2. The number of nitrogens with one attached hydrogen (secondary N) is 2. The third-order valence-corrected chi connectivity index (χ3v) is 11.8. The molecule has 12 heteroatoms. The van der Waals surface area contributed by atoms with Gasteiger partial charge in [-0.25, -0.2) is 14.8 Å². The summed E-state index contributed by atoms with van der Waals surface area (Å²) in [6.45, 7) is 1.44.